The molecule has 1 saturated heterocycles. The molecule has 0 aliphatic carbocycles. The molecule has 21 heavy (non-hydrogen) atoms. The van der Waals surface area contributed by atoms with E-state index in [2.05, 4.69) is 22.2 Å². The Balaban J connectivity index is 2.04. The fraction of sp³-hybridized carbons (Fsp3) is 0.500. The highest BCUT2D eigenvalue weighted by molar-refractivity contribution is 6.02. The lowest BCUT2D eigenvalue weighted by atomic mass is 9.95. The van der Waals surface area contributed by atoms with Gasteiger partial charge in [0.2, 0.25) is 0 Å². The third-order valence-corrected chi connectivity index (χ3v) is 3.56. The van der Waals surface area contributed by atoms with E-state index in [4.69, 9.17) is 9.57 Å². The van der Waals surface area contributed by atoms with Gasteiger partial charge in [-0.2, -0.15) is 0 Å². The van der Waals surface area contributed by atoms with Crippen molar-refractivity contribution in [2.24, 2.45) is 11.1 Å². The smallest absolute Gasteiger partial charge is 0.316 e. The van der Waals surface area contributed by atoms with Crippen LogP contribution in [0.15, 0.2) is 35.5 Å². The Morgan fingerprint density at radius 1 is 1.38 bits per heavy atom. The zero-order valence-corrected chi connectivity index (χ0v) is 12.6. The molecule has 1 aromatic carbocycles. The Morgan fingerprint density at radius 3 is 2.81 bits per heavy atom. The average Bonchev–Trinajstić information content (AvgIpc) is 2.50. The van der Waals surface area contributed by atoms with Crippen LogP contribution in [0.1, 0.15) is 18.9 Å². The van der Waals surface area contributed by atoms with E-state index >= 15 is 0 Å². The lowest BCUT2D eigenvalue weighted by Crippen LogP contribution is -2.44. The van der Waals surface area contributed by atoms with Gasteiger partial charge >= 0.3 is 5.97 Å². The molecule has 5 heteroatoms. The minimum absolute atomic E-state index is 0.217. The summed E-state index contributed by atoms with van der Waals surface area (Å²) in [7, 11) is 1.51. The second kappa shape index (κ2) is 7.78. The molecule has 1 aliphatic rings. The van der Waals surface area contributed by atoms with Gasteiger partial charge < -0.3 is 9.57 Å². The van der Waals surface area contributed by atoms with Crippen LogP contribution < -0.4 is 0 Å². The van der Waals surface area contributed by atoms with Gasteiger partial charge in [-0.25, -0.2) is 0 Å². The topological polar surface area (TPSA) is 51.1 Å². The Bertz CT molecular complexity index is 488. The summed E-state index contributed by atoms with van der Waals surface area (Å²) in [5.41, 5.74) is 2.02. The first-order valence-corrected chi connectivity index (χ1v) is 7.27. The van der Waals surface area contributed by atoms with E-state index in [9.17, 15) is 4.79 Å². The van der Waals surface area contributed by atoms with E-state index in [-0.39, 0.29) is 11.9 Å². The van der Waals surface area contributed by atoms with E-state index in [0.717, 1.165) is 25.2 Å². The molecule has 0 saturated carbocycles. The van der Waals surface area contributed by atoms with Crippen molar-refractivity contribution in [3.05, 3.63) is 35.9 Å². The van der Waals surface area contributed by atoms with Crippen LogP contribution in [0.2, 0.25) is 0 Å². The molecule has 1 aliphatic heterocycles. The normalized spacial score (nSPS) is 21.2. The summed E-state index contributed by atoms with van der Waals surface area (Å²) in [6.45, 7) is 4.52. The molecular formula is C16H22N2O3. The molecule has 0 N–H and O–H groups in total. The third kappa shape index (κ3) is 4.29. The second-order valence-electron chi connectivity index (χ2n) is 5.04. The predicted molar refractivity (Wildman–Crippen MR) is 80.9 cm³/mol. The SMILES string of the molecule is CCOC(=O)C1CN(Cc2ccccc2)CC/C1=N/OC. The van der Waals surface area contributed by atoms with Gasteiger partial charge in [0.1, 0.15) is 13.0 Å². The van der Waals surface area contributed by atoms with Crippen molar-refractivity contribution >= 4 is 11.7 Å². The summed E-state index contributed by atoms with van der Waals surface area (Å²) < 4.78 is 5.15. The first-order chi connectivity index (χ1) is 10.2. The summed E-state index contributed by atoms with van der Waals surface area (Å²) in [6.07, 6.45) is 0.726. The van der Waals surface area contributed by atoms with Gasteiger partial charge in [-0.1, -0.05) is 35.5 Å². The molecule has 1 fully saturated rings. The van der Waals surface area contributed by atoms with Crippen LogP contribution >= 0.6 is 0 Å². The monoisotopic (exact) mass is 290 g/mol. The number of likely N-dealkylation sites (tertiary alicyclic amines) is 1. The van der Waals surface area contributed by atoms with Crippen LogP contribution in [0.5, 0.6) is 0 Å². The van der Waals surface area contributed by atoms with Gasteiger partial charge in [0.05, 0.1) is 12.3 Å². The van der Waals surface area contributed by atoms with Crippen LogP contribution in [0.25, 0.3) is 0 Å². The zero-order chi connectivity index (χ0) is 15.1. The number of hydrogen-bond donors (Lipinski definition) is 0. The molecule has 1 aromatic rings. The standard InChI is InChI=1S/C16H22N2O3/c1-3-21-16(19)14-12-18(10-9-15(14)17-20-2)11-13-7-5-4-6-8-13/h4-8,14H,3,9-12H2,1-2H3/b17-15-. The molecule has 114 valence electrons. The van der Waals surface area contributed by atoms with E-state index in [0.29, 0.717) is 13.2 Å². The molecule has 0 amide bonds. The van der Waals surface area contributed by atoms with Gasteiger partial charge in [0, 0.05) is 26.1 Å². The summed E-state index contributed by atoms with van der Waals surface area (Å²) in [5, 5.41) is 4.00. The number of esters is 1. The van der Waals surface area contributed by atoms with Gasteiger partial charge in [-0.15, -0.1) is 0 Å². The van der Waals surface area contributed by atoms with Crippen LogP contribution in [-0.4, -0.2) is 43.4 Å². The molecule has 5 nitrogen and oxygen atoms in total. The number of carbonyl (C=O) groups is 1. The summed E-state index contributed by atoms with van der Waals surface area (Å²) in [6, 6.07) is 10.3. The highest BCUT2D eigenvalue weighted by Crippen LogP contribution is 2.18. The molecular weight excluding hydrogens is 268 g/mol. The number of oxime groups is 1. The van der Waals surface area contributed by atoms with Gasteiger partial charge in [-0.3, -0.25) is 9.69 Å². The number of piperidine rings is 1. The van der Waals surface area contributed by atoms with E-state index in [1.807, 2.05) is 25.1 Å². The van der Waals surface area contributed by atoms with Crippen LogP contribution in [0.4, 0.5) is 0 Å². The zero-order valence-electron chi connectivity index (χ0n) is 12.6. The van der Waals surface area contributed by atoms with Crippen molar-refractivity contribution in [1.82, 2.24) is 4.90 Å². The molecule has 0 spiro atoms. The third-order valence-electron chi connectivity index (χ3n) is 3.56. The molecule has 2 rings (SSSR count). The van der Waals surface area contributed by atoms with Crippen molar-refractivity contribution in [1.29, 1.82) is 0 Å². The molecule has 0 aromatic heterocycles. The number of carbonyl (C=O) groups excluding carboxylic acids is 1. The van der Waals surface area contributed by atoms with Crippen LogP contribution in [0.3, 0.4) is 0 Å². The predicted octanol–water partition coefficient (Wildman–Crippen LogP) is 2.07. The summed E-state index contributed by atoms with van der Waals surface area (Å²) >= 11 is 0. The second-order valence-corrected chi connectivity index (χ2v) is 5.04. The largest absolute Gasteiger partial charge is 0.465 e. The Hall–Kier alpha value is -1.88. The fourth-order valence-corrected chi connectivity index (χ4v) is 2.57. The maximum Gasteiger partial charge on any atom is 0.316 e. The number of ether oxygens (including phenoxy) is 1. The Kier molecular flexibility index (Phi) is 5.75. The van der Waals surface area contributed by atoms with Crippen molar-refractivity contribution in [3.63, 3.8) is 0 Å². The summed E-state index contributed by atoms with van der Waals surface area (Å²) in [5.74, 6) is -0.548. The van der Waals surface area contributed by atoms with Gasteiger partial charge in [0.15, 0.2) is 0 Å². The highest BCUT2D eigenvalue weighted by atomic mass is 16.6. The lowest BCUT2D eigenvalue weighted by Gasteiger charge is -2.32. The average molecular weight is 290 g/mol. The molecule has 1 atom stereocenters. The molecule has 1 unspecified atom stereocenters. The summed E-state index contributed by atoms with van der Waals surface area (Å²) in [4.78, 5) is 19.2. The van der Waals surface area contributed by atoms with Crippen molar-refractivity contribution in [2.75, 3.05) is 26.8 Å². The number of rotatable bonds is 5. The molecule has 1 heterocycles. The van der Waals surface area contributed by atoms with Crippen LogP contribution in [0, 0.1) is 5.92 Å². The van der Waals surface area contributed by atoms with E-state index in [1.165, 1.54) is 12.7 Å². The first-order valence-electron chi connectivity index (χ1n) is 7.27. The fourth-order valence-electron chi connectivity index (χ4n) is 2.57. The minimum atomic E-state index is -0.331. The maximum atomic E-state index is 12.1. The van der Waals surface area contributed by atoms with Crippen molar-refractivity contribution in [3.8, 4) is 0 Å². The van der Waals surface area contributed by atoms with Gasteiger partial charge in [0.25, 0.3) is 0 Å². The Morgan fingerprint density at radius 2 is 2.14 bits per heavy atom. The first kappa shape index (κ1) is 15.5. The quantitative estimate of drug-likeness (QED) is 0.615. The van der Waals surface area contributed by atoms with E-state index < -0.39 is 0 Å². The highest BCUT2D eigenvalue weighted by Gasteiger charge is 2.32. The maximum absolute atomic E-state index is 12.1. The van der Waals surface area contributed by atoms with Crippen molar-refractivity contribution < 1.29 is 14.4 Å². The minimum Gasteiger partial charge on any atom is -0.465 e. The number of hydrogen-bond acceptors (Lipinski definition) is 5. The van der Waals surface area contributed by atoms with Crippen LogP contribution in [-0.2, 0) is 20.9 Å². The number of nitrogens with zero attached hydrogens (tertiary/aromatic N) is 2. The molecule has 0 bridgehead atoms. The molecule has 0 radical (unpaired) electrons. The van der Waals surface area contributed by atoms with Crippen molar-refractivity contribution in [2.45, 2.75) is 19.9 Å². The van der Waals surface area contributed by atoms with E-state index in [1.54, 1.807) is 0 Å². The lowest BCUT2D eigenvalue weighted by molar-refractivity contribution is -0.146. The number of benzene rings is 1. The van der Waals surface area contributed by atoms with Gasteiger partial charge in [-0.05, 0) is 12.5 Å². The Labute approximate surface area is 125 Å².